The van der Waals surface area contributed by atoms with Crippen molar-refractivity contribution in [2.45, 2.75) is 20.4 Å². The van der Waals surface area contributed by atoms with Gasteiger partial charge in [-0.15, -0.1) is 11.3 Å². The van der Waals surface area contributed by atoms with Crippen molar-refractivity contribution in [3.8, 4) is 0 Å². The maximum Gasteiger partial charge on any atom is 0.271 e. The van der Waals surface area contributed by atoms with Crippen LogP contribution >= 0.6 is 27.3 Å². The third-order valence-electron chi connectivity index (χ3n) is 3.31. The van der Waals surface area contributed by atoms with Gasteiger partial charge in [-0.3, -0.25) is 14.0 Å². The van der Waals surface area contributed by atoms with E-state index in [9.17, 15) is 4.79 Å². The molecule has 0 saturated heterocycles. The van der Waals surface area contributed by atoms with E-state index in [1.54, 1.807) is 15.6 Å². The van der Waals surface area contributed by atoms with E-state index in [2.05, 4.69) is 26.0 Å². The van der Waals surface area contributed by atoms with E-state index < -0.39 is 0 Å². The van der Waals surface area contributed by atoms with Gasteiger partial charge in [0.15, 0.2) is 0 Å². The van der Waals surface area contributed by atoms with Gasteiger partial charge in [-0.2, -0.15) is 5.10 Å². The predicted molar refractivity (Wildman–Crippen MR) is 83.4 cm³/mol. The van der Waals surface area contributed by atoms with Gasteiger partial charge in [0.25, 0.3) is 5.56 Å². The zero-order chi connectivity index (χ0) is 14.4. The smallest absolute Gasteiger partial charge is 0.271 e. The highest BCUT2D eigenvalue weighted by atomic mass is 79.9. The third kappa shape index (κ3) is 2.01. The van der Waals surface area contributed by atoms with E-state index in [0.717, 1.165) is 26.9 Å². The standard InChI is InChI=1S/C13H13BrN4OS/c1-7-5-20-12-11(7)15-6-18(13(12)19)4-9-10(14)8(2)16-17(9)3/h5-6H,4H2,1-3H3. The van der Waals surface area contributed by atoms with Gasteiger partial charge in [0.1, 0.15) is 4.70 Å². The number of nitrogens with zero attached hydrogens (tertiary/aromatic N) is 4. The molecule has 0 N–H and O–H groups in total. The van der Waals surface area contributed by atoms with Gasteiger partial charge < -0.3 is 0 Å². The Morgan fingerprint density at radius 2 is 2.15 bits per heavy atom. The lowest BCUT2D eigenvalue weighted by Crippen LogP contribution is -2.21. The first-order chi connectivity index (χ1) is 9.49. The van der Waals surface area contributed by atoms with Crippen LogP contribution in [-0.2, 0) is 13.6 Å². The molecule has 104 valence electrons. The van der Waals surface area contributed by atoms with Crippen molar-refractivity contribution in [2.75, 3.05) is 0 Å². The maximum atomic E-state index is 12.5. The van der Waals surface area contributed by atoms with Crippen LogP contribution in [-0.4, -0.2) is 19.3 Å². The van der Waals surface area contributed by atoms with Crippen LogP contribution < -0.4 is 5.56 Å². The van der Waals surface area contributed by atoms with Crippen LogP contribution in [0.5, 0.6) is 0 Å². The minimum absolute atomic E-state index is 0.00106. The lowest BCUT2D eigenvalue weighted by atomic mass is 10.3. The van der Waals surface area contributed by atoms with Crippen LogP contribution in [0.4, 0.5) is 0 Å². The zero-order valence-corrected chi connectivity index (χ0v) is 13.7. The Morgan fingerprint density at radius 1 is 1.40 bits per heavy atom. The molecule has 5 nitrogen and oxygen atoms in total. The Kier molecular flexibility index (Phi) is 3.25. The molecule has 3 rings (SSSR count). The second kappa shape index (κ2) is 4.82. The second-order valence-corrected chi connectivity index (χ2v) is 6.42. The summed E-state index contributed by atoms with van der Waals surface area (Å²) in [6.45, 7) is 4.35. The van der Waals surface area contributed by atoms with Crippen molar-refractivity contribution < 1.29 is 0 Å². The summed E-state index contributed by atoms with van der Waals surface area (Å²) in [7, 11) is 1.87. The van der Waals surface area contributed by atoms with E-state index in [0.29, 0.717) is 11.2 Å². The van der Waals surface area contributed by atoms with Crippen LogP contribution in [0, 0.1) is 13.8 Å². The summed E-state index contributed by atoms with van der Waals surface area (Å²) in [6, 6.07) is 0. The van der Waals surface area contributed by atoms with Crippen molar-refractivity contribution >= 4 is 37.5 Å². The highest BCUT2D eigenvalue weighted by Gasteiger charge is 2.14. The van der Waals surface area contributed by atoms with Gasteiger partial charge in [0, 0.05) is 7.05 Å². The summed E-state index contributed by atoms with van der Waals surface area (Å²) in [4.78, 5) is 16.9. The van der Waals surface area contributed by atoms with E-state index in [1.807, 2.05) is 26.3 Å². The SMILES string of the molecule is Cc1nn(C)c(Cn2cnc3c(C)csc3c2=O)c1Br. The van der Waals surface area contributed by atoms with Crippen molar-refractivity contribution in [1.82, 2.24) is 19.3 Å². The number of halogens is 1. The summed E-state index contributed by atoms with van der Waals surface area (Å²) in [5, 5.41) is 6.31. The zero-order valence-electron chi connectivity index (χ0n) is 11.3. The average molecular weight is 353 g/mol. The third-order valence-corrected chi connectivity index (χ3v) is 5.41. The Bertz CT molecular complexity index is 861. The second-order valence-electron chi connectivity index (χ2n) is 4.74. The molecule has 0 aliphatic heterocycles. The summed E-state index contributed by atoms with van der Waals surface area (Å²) >= 11 is 4.97. The van der Waals surface area contributed by atoms with Gasteiger partial charge in [-0.25, -0.2) is 4.98 Å². The molecular weight excluding hydrogens is 340 g/mol. The number of fused-ring (bicyclic) bond motifs is 1. The van der Waals surface area contributed by atoms with Gasteiger partial charge >= 0.3 is 0 Å². The van der Waals surface area contributed by atoms with Crippen molar-refractivity contribution in [3.05, 3.63) is 43.5 Å². The maximum absolute atomic E-state index is 12.5. The summed E-state index contributed by atoms with van der Waals surface area (Å²) in [5.74, 6) is 0. The Balaban J connectivity index is 2.12. The molecule has 0 fully saturated rings. The molecule has 0 atom stereocenters. The minimum Gasteiger partial charge on any atom is -0.292 e. The van der Waals surface area contributed by atoms with E-state index in [4.69, 9.17) is 0 Å². The molecular formula is C13H13BrN4OS. The number of aromatic nitrogens is 4. The first kappa shape index (κ1) is 13.5. The van der Waals surface area contributed by atoms with Crippen molar-refractivity contribution in [1.29, 1.82) is 0 Å². The Morgan fingerprint density at radius 3 is 2.80 bits per heavy atom. The van der Waals surface area contributed by atoms with Gasteiger partial charge in [0.2, 0.25) is 0 Å². The predicted octanol–water partition coefficient (Wildman–Crippen LogP) is 2.62. The Hall–Kier alpha value is -1.47. The van der Waals surface area contributed by atoms with Crippen molar-refractivity contribution in [2.24, 2.45) is 7.05 Å². The number of hydrogen-bond donors (Lipinski definition) is 0. The molecule has 0 amide bonds. The summed E-state index contributed by atoms with van der Waals surface area (Å²) < 4.78 is 5.06. The van der Waals surface area contributed by atoms with Gasteiger partial charge in [-0.05, 0) is 40.7 Å². The fraction of sp³-hybridized carbons (Fsp3) is 0.308. The number of thiophene rings is 1. The Labute approximate surface area is 128 Å². The molecule has 3 aromatic heterocycles. The molecule has 0 aliphatic carbocycles. The first-order valence-electron chi connectivity index (χ1n) is 6.10. The van der Waals surface area contributed by atoms with Crippen LogP contribution in [0.2, 0.25) is 0 Å². The molecule has 3 heterocycles. The normalized spacial score (nSPS) is 11.4. The highest BCUT2D eigenvalue weighted by Crippen LogP contribution is 2.22. The van der Waals surface area contributed by atoms with E-state index >= 15 is 0 Å². The van der Waals surface area contributed by atoms with Gasteiger partial charge in [0.05, 0.1) is 34.2 Å². The molecule has 3 aromatic rings. The van der Waals surface area contributed by atoms with E-state index in [-0.39, 0.29) is 5.56 Å². The lowest BCUT2D eigenvalue weighted by molar-refractivity contribution is 0.647. The minimum atomic E-state index is -0.00106. The fourth-order valence-corrected chi connectivity index (χ4v) is 3.60. The van der Waals surface area contributed by atoms with Crippen LogP contribution in [0.15, 0.2) is 21.0 Å². The molecule has 0 saturated carbocycles. The van der Waals surface area contributed by atoms with Crippen LogP contribution in [0.1, 0.15) is 17.0 Å². The molecule has 20 heavy (non-hydrogen) atoms. The molecule has 0 aliphatic rings. The number of rotatable bonds is 2. The molecule has 7 heteroatoms. The van der Waals surface area contributed by atoms with Gasteiger partial charge in [-0.1, -0.05) is 0 Å². The quantitative estimate of drug-likeness (QED) is 0.712. The molecule has 0 unspecified atom stereocenters. The van der Waals surface area contributed by atoms with Crippen LogP contribution in [0.25, 0.3) is 10.2 Å². The largest absolute Gasteiger partial charge is 0.292 e. The monoisotopic (exact) mass is 352 g/mol. The molecule has 0 aromatic carbocycles. The molecule has 0 spiro atoms. The van der Waals surface area contributed by atoms with E-state index in [1.165, 1.54) is 11.3 Å². The lowest BCUT2D eigenvalue weighted by Gasteiger charge is -2.06. The molecule has 0 bridgehead atoms. The molecule has 0 radical (unpaired) electrons. The summed E-state index contributed by atoms with van der Waals surface area (Å²) in [5.41, 5.74) is 3.72. The summed E-state index contributed by atoms with van der Waals surface area (Å²) in [6.07, 6.45) is 1.61. The fourth-order valence-electron chi connectivity index (χ4n) is 2.19. The highest BCUT2D eigenvalue weighted by molar-refractivity contribution is 9.10. The van der Waals surface area contributed by atoms with Crippen LogP contribution in [0.3, 0.4) is 0 Å². The first-order valence-corrected chi connectivity index (χ1v) is 7.77. The number of hydrogen-bond acceptors (Lipinski definition) is 4. The topological polar surface area (TPSA) is 52.7 Å². The van der Waals surface area contributed by atoms with Crippen molar-refractivity contribution in [3.63, 3.8) is 0 Å². The average Bonchev–Trinajstić information content (AvgIpc) is 2.89. The number of aryl methyl sites for hydroxylation is 3.